The number of aliphatic hydroxyl groups excluding tert-OH is 2. The Kier molecular flexibility index (Phi) is 7.11. The Morgan fingerprint density at radius 1 is 1.11 bits per heavy atom. The molecule has 2 N–H and O–H groups in total. The van der Waals surface area contributed by atoms with E-state index in [4.69, 9.17) is 15.0 Å². The molecule has 7 nitrogen and oxygen atoms in total. The number of rotatable bonds is 7. The normalized spacial score (nSPS) is 27.7. The van der Waals surface area contributed by atoms with Crippen molar-refractivity contribution in [1.82, 2.24) is 0 Å². The SMILES string of the molecule is [N-]=[N+]=N[C@@H]1[C@@H](O)[C@@H](OCc2ccccc2)[C@@H](CO)O[C@H]1Sc1ccccc1. The predicted molar refractivity (Wildman–Crippen MR) is 102 cm³/mol. The lowest BCUT2D eigenvalue weighted by Gasteiger charge is -2.42. The number of aliphatic hydroxyl groups is 2. The maximum absolute atomic E-state index is 10.8. The number of benzene rings is 2. The smallest absolute Gasteiger partial charge is 0.119 e. The fraction of sp³-hybridized carbons (Fsp3) is 0.368. The molecule has 0 radical (unpaired) electrons. The van der Waals surface area contributed by atoms with Crippen molar-refractivity contribution in [1.29, 1.82) is 0 Å². The number of thioether (sulfide) groups is 1. The summed E-state index contributed by atoms with van der Waals surface area (Å²) in [5, 5.41) is 24.3. The lowest BCUT2D eigenvalue weighted by Crippen LogP contribution is -2.57. The summed E-state index contributed by atoms with van der Waals surface area (Å²) in [6.07, 6.45) is -2.63. The van der Waals surface area contributed by atoms with Gasteiger partial charge in [-0.1, -0.05) is 65.4 Å². The molecule has 3 rings (SSSR count). The first-order chi connectivity index (χ1) is 13.2. The van der Waals surface area contributed by atoms with Gasteiger partial charge in [-0.2, -0.15) is 0 Å². The van der Waals surface area contributed by atoms with E-state index in [0.29, 0.717) is 0 Å². The summed E-state index contributed by atoms with van der Waals surface area (Å²) in [7, 11) is 0. The maximum Gasteiger partial charge on any atom is 0.119 e. The van der Waals surface area contributed by atoms with Gasteiger partial charge in [-0.05, 0) is 23.2 Å². The molecule has 0 spiro atoms. The molecule has 1 aliphatic heterocycles. The van der Waals surface area contributed by atoms with Gasteiger partial charge in [-0.3, -0.25) is 0 Å². The van der Waals surface area contributed by atoms with E-state index in [1.165, 1.54) is 11.8 Å². The molecule has 1 heterocycles. The van der Waals surface area contributed by atoms with Crippen LogP contribution in [0.15, 0.2) is 70.7 Å². The second-order valence-corrected chi connectivity index (χ2v) is 7.28. The summed E-state index contributed by atoms with van der Waals surface area (Å²) >= 11 is 1.34. The van der Waals surface area contributed by atoms with Crippen molar-refractivity contribution in [2.45, 2.75) is 41.3 Å². The highest BCUT2D eigenvalue weighted by Crippen LogP contribution is 2.36. The molecule has 0 saturated carbocycles. The molecule has 2 aromatic carbocycles. The Balaban J connectivity index is 1.75. The summed E-state index contributed by atoms with van der Waals surface area (Å²) in [6.45, 7) is -0.0622. The lowest BCUT2D eigenvalue weighted by atomic mass is 9.98. The molecule has 0 unspecified atom stereocenters. The topological polar surface area (TPSA) is 108 Å². The first kappa shape index (κ1) is 19.7. The number of nitrogens with zero attached hydrogens (tertiary/aromatic N) is 3. The van der Waals surface area contributed by atoms with Gasteiger partial charge in [-0.15, -0.1) is 0 Å². The van der Waals surface area contributed by atoms with Gasteiger partial charge in [0, 0.05) is 9.81 Å². The molecule has 1 saturated heterocycles. The van der Waals surface area contributed by atoms with Crippen LogP contribution >= 0.6 is 11.8 Å². The average Bonchev–Trinajstić information content (AvgIpc) is 2.71. The maximum atomic E-state index is 10.8. The third-order valence-electron chi connectivity index (χ3n) is 4.29. The highest BCUT2D eigenvalue weighted by atomic mass is 32.2. The first-order valence-corrected chi connectivity index (χ1v) is 9.46. The van der Waals surface area contributed by atoms with Crippen LogP contribution in [0.2, 0.25) is 0 Å². The van der Waals surface area contributed by atoms with E-state index in [9.17, 15) is 10.2 Å². The summed E-state index contributed by atoms with van der Waals surface area (Å²) in [5.74, 6) is 0. The van der Waals surface area contributed by atoms with Crippen molar-refractivity contribution in [3.05, 3.63) is 76.7 Å². The van der Waals surface area contributed by atoms with Crippen LogP contribution in [0.3, 0.4) is 0 Å². The molecular formula is C19H21N3O4S. The Labute approximate surface area is 161 Å². The van der Waals surface area contributed by atoms with Crippen LogP contribution in [0, 0.1) is 0 Å². The van der Waals surface area contributed by atoms with E-state index in [2.05, 4.69) is 10.0 Å². The molecule has 5 atom stereocenters. The highest BCUT2D eigenvalue weighted by molar-refractivity contribution is 7.99. The minimum absolute atomic E-state index is 0.252. The number of ether oxygens (including phenoxy) is 2. The van der Waals surface area contributed by atoms with Crippen molar-refractivity contribution in [2.75, 3.05) is 6.61 Å². The van der Waals surface area contributed by atoms with E-state index in [0.717, 1.165) is 10.5 Å². The minimum atomic E-state index is -1.10. The molecule has 2 aromatic rings. The van der Waals surface area contributed by atoms with Crippen LogP contribution in [0.5, 0.6) is 0 Å². The van der Waals surface area contributed by atoms with Crippen molar-refractivity contribution < 1.29 is 19.7 Å². The molecule has 1 aliphatic rings. The Hall–Kier alpha value is -2.06. The molecule has 27 heavy (non-hydrogen) atoms. The third-order valence-corrected chi connectivity index (χ3v) is 5.45. The summed E-state index contributed by atoms with van der Waals surface area (Å²) in [4.78, 5) is 3.77. The third kappa shape index (κ3) is 5.01. The van der Waals surface area contributed by atoms with Crippen LogP contribution in [0.4, 0.5) is 0 Å². The van der Waals surface area contributed by atoms with Crippen molar-refractivity contribution in [2.24, 2.45) is 5.11 Å². The van der Waals surface area contributed by atoms with E-state index in [-0.39, 0.29) is 13.2 Å². The monoisotopic (exact) mass is 387 g/mol. The molecule has 0 aliphatic carbocycles. The van der Waals surface area contributed by atoms with Gasteiger partial charge in [0.15, 0.2) is 0 Å². The van der Waals surface area contributed by atoms with Crippen molar-refractivity contribution >= 4 is 11.8 Å². The van der Waals surface area contributed by atoms with Crippen LogP contribution in [0.25, 0.3) is 10.4 Å². The zero-order valence-electron chi connectivity index (χ0n) is 14.5. The summed E-state index contributed by atoms with van der Waals surface area (Å²) in [6, 6.07) is 18.1. The van der Waals surface area contributed by atoms with Gasteiger partial charge in [0.2, 0.25) is 0 Å². The molecule has 142 valence electrons. The average molecular weight is 387 g/mol. The van der Waals surface area contributed by atoms with Crippen LogP contribution < -0.4 is 0 Å². The highest BCUT2D eigenvalue weighted by Gasteiger charge is 2.45. The van der Waals surface area contributed by atoms with E-state index >= 15 is 0 Å². The number of hydrogen-bond acceptors (Lipinski definition) is 6. The van der Waals surface area contributed by atoms with Gasteiger partial charge in [0.1, 0.15) is 23.7 Å². The Morgan fingerprint density at radius 2 is 1.78 bits per heavy atom. The standard InChI is InChI=1S/C19H21N3O4S/c20-22-21-16-17(24)18(25-12-13-7-3-1-4-8-13)15(11-23)26-19(16)27-14-9-5-2-6-10-14/h1-10,15-19,23-24H,11-12H2/t15-,16-,17-,18+,19+/m1/s1. The fourth-order valence-electron chi connectivity index (χ4n) is 2.94. The van der Waals surface area contributed by atoms with Gasteiger partial charge in [0.25, 0.3) is 0 Å². The second kappa shape index (κ2) is 9.75. The van der Waals surface area contributed by atoms with Crippen molar-refractivity contribution in [3.8, 4) is 0 Å². The molecule has 0 amide bonds. The summed E-state index contributed by atoms with van der Waals surface area (Å²) in [5.41, 5.74) is 9.23. The summed E-state index contributed by atoms with van der Waals surface area (Å²) < 4.78 is 11.8. The Bertz CT molecular complexity index is 758. The fourth-order valence-corrected chi connectivity index (χ4v) is 4.07. The van der Waals surface area contributed by atoms with E-state index in [1.54, 1.807) is 0 Å². The van der Waals surface area contributed by atoms with Gasteiger partial charge >= 0.3 is 0 Å². The molecule has 1 fully saturated rings. The molecular weight excluding hydrogens is 366 g/mol. The number of hydrogen-bond donors (Lipinski definition) is 2. The quantitative estimate of drug-likeness (QED) is 0.431. The lowest BCUT2D eigenvalue weighted by molar-refractivity contribution is -0.190. The van der Waals surface area contributed by atoms with Crippen LogP contribution in [-0.4, -0.2) is 46.6 Å². The minimum Gasteiger partial charge on any atom is -0.394 e. The van der Waals surface area contributed by atoms with Crippen LogP contribution in [-0.2, 0) is 16.1 Å². The zero-order valence-corrected chi connectivity index (χ0v) is 15.4. The first-order valence-electron chi connectivity index (χ1n) is 8.58. The predicted octanol–water partition coefficient (Wildman–Crippen LogP) is 3.12. The zero-order chi connectivity index (χ0) is 19.1. The van der Waals surface area contributed by atoms with E-state index < -0.39 is 29.8 Å². The van der Waals surface area contributed by atoms with Gasteiger partial charge < -0.3 is 19.7 Å². The van der Waals surface area contributed by atoms with Gasteiger partial charge in [-0.25, -0.2) is 0 Å². The Morgan fingerprint density at radius 3 is 2.41 bits per heavy atom. The molecule has 0 bridgehead atoms. The van der Waals surface area contributed by atoms with Crippen LogP contribution in [0.1, 0.15) is 5.56 Å². The number of azide groups is 1. The molecule has 8 heteroatoms. The second-order valence-electron chi connectivity index (χ2n) is 6.10. The van der Waals surface area contributed by atoms with E-state index in [1.807, 2.05) is 60.7 Å². The molecule has 0 aromatic heterocycles. The van der Waals surface area contributed by atoms with Crippen molar-refractivity contribution in [3.63, 3.8) is 0 Å². The van der Waals surface area contributed by atoms with Gasteiger partial charge in [0.05, 0.1) is 19.3 Å². The largest absolute Gasteiger partial charge is 0.394 e.